The number of hydrogen-bond acceptors (Lipinski definition) is 2. The maximum Gasteiger partial charge on any atom is 0.188 e. The van der Waals surface area contributed by atoms with Crippen LogP contribution in [-0.4, -0.2) is 43.6 Å². The quantitative estimate of drug-likeness (QED) is 0.443. The molecule has 1 heterocycles. The molecule has 1 unspecified atom stereocenters. The molecule has 0 radical (unpaired) electrons. The summed E-state index contributed by atoms with van der Waals surface area (Å²) < 4.78 is 0. The Bertz CT molecular complexity index is 243. The predicted octanol–water partition coefficient (Wildman–Crippen LogP) is 1.90. The van der Waals surface area contributed by atoms with Gasteiger partial charge in [-0.1, -0.05) is 20.8 Å². The molecule has 108 valence electrons. The van der Waals surface area contributed by atoms with Crippen LogP contribution in [0.1, 0.15) is 33.6 Å². The summed E-state index contributed by atoms with van der Waals surface area (Å²) in [4.78, 5) is 6.80. The molecule has 1 aliphatic heterocycles. The van der Waals surface area contributed by atoms with Crippen LogP contribution >= 0.6 is 24.0 Å². The van der Waals surface area contributed by atoms with Crippen molar-refractivity contribution in [1.29, 1.82) is 0 Å². The van der Waals surface area contributed by atoms with Gasteiger partial charge in [0.25, 0.3) is 0 Å². The third-order valence-electron chi connectivity index (χ3n) is 3.10. The SMILES string of the molecule is CC(C)CN=C(N)NCCN1CCCC(C)C1.I. The molecule has 18 heavy (non-hydrogen) atoms. The molecule has 0 spiro atoms. The van der Waals surface area contributed by atoms with E-state index in [1.165, 1.54) is 25.9 Å². The van der Waals surface area contributed by atoms with Crippen LogP contribution in [0.2, 0.25) is 0 Å². The number of guanidine groups is 1. The number of nitrogens with two attached hydrogens (primary N) is 1. The molecular weight excluding hydrogens is 339 g/mol. The van der Waals surface area contributed by atoms with Gasteiger partial charge in [-0.3, -0.25) is 4.99 Å². The Labute approximate surface area is 129 Å². The van der Waals surface area contributed by atoms with E-state index < -0.39 is 0 Å². The molecule has 0 aliphatic carbocycles. The standard InChI is InChI=1S/C13H28N4.HI/c1-11(2)9-16-13(14)15-6-8-17-7-4-5-12(3)10-17;/h11-12H,4-10H2,1-3H3,(H3,14,15,16);1H. The minimum atomic E-state index is 0. The average Bonchev–Trinajstić information content (AvgIpc) is 2.26. The van der Waals surface area contributed by atoms with Crippen molar-refractivity contribution >= 4 is 29.9 Å². The van der Waals surface area contributed by atoms with E-state index in [0.717, 1.165) is 25.6 Å². The second kappa shape index (κ2) is 9.83. The molecule has 0 aromatic rings. The maximum absolute atomic E-state index is 5.79. The first-order valence-corrected chi connectivity index (χ1v) is 6.84. The molecule has 1 atom stereocenters. The third kappa shape index (κ3) is 8.13. The number of likely N-dealkylation sites (tertiary alicyclic amines) is 1. The lowest BCUT2D eigenvalue weighted by Gasteiger charge is -2.30. The zero-order valence-electron chi connectivity index (χ0n) is 12.0. The van der Waals surface area contributed by atoms with Crippen molar-refractivity contribution in [1.82, 2.24) is 10.2 Å². The number of aliphatic imine (C=N–C) groups is 1. The number of nitrogens with zero attached hydrogens (tertiary/aromatic N) is 2. The van der Waals surface area contributed by atoms with Crippen LogP contribution in [0.25, 0.3) is 0 Å². The van der Waals surface area contributed by atoms with Gasteiger partial charge in [0.1, 0.15) is 0 Å². The minimum absolute atomic E-state index is 0. The van der Waals surface area contributed by atoms with Crippen molar-refractivity contribution in [2.24, 2.45) is 22.6 Å². The molecule has 5 heteroatoms. The Morgan fingerprint density at radius 1 is 1.50 bits per heavy atom. The van der Waals surface area contributed by atoms with E-state index in [-0.39, 0.29) is 24.0 Å². The predicted molar refractivity (Wildman–Crippen MR) is 89.6 cm³/mol. The Balaban J connectivity index is 0.00000289. The monoisotopic (exact) mass is 368 g/mol. The van der Waals surface area contributed by atoms with E-state index in [2.05, 4.69) is 36.0 Å². The first-order valence-electron chi connectivity index (χ1n) is 6.84. The molecule has 1 rings (SSSR count). The molecule has 0 amide bonds. The van der Waals surface area contributed by atoms with Gasteiger partial charge in [0.05, 0.1) is 0 Å². The summed E-state index contributed by atoms with van der Waals surface area (Å²) >= 11 is 0. The summed E-state index contributed by atoms with van der Waals surface area (Å²) in [6.45, 7) is 11.9. The van der Waals surface area contributed by atoms with Crippen molar-refractivity contribution in [3.63, 3.8) is 0 Å². The smallest absolute Gasteiger partial charge is 0.188 e. The average molecular weight is 368 g/mol. The highest BCUT2D eigenvalue weighted by atomic mass is 127. The Hall–Kier alpha value is -0.0400. The van der Waals surface area contributed by atoms with Gasteiger partial charge < -0.3 is 16.0 Å². The van der Waals surface area contributed by atoms with Crippen LogP contribution in [0, 0.1) is 11.8 Å². The summed E-state index contributed by atoms with van der Waals surface area (Å²) in [5.74, 6) is 2.00. The first kappa shape index (κ1) is 18.0. The lowest BCUT2D eigenvalue weighted by molar-refractivity contribution is 0.187. The fraction of sp³-hybridized carbons (Fsp3) is 0.923. The zero-order chi connectivity index (χ0) is 12.7. The van der Waals surface area contributed by atoms with Crippen LogP contribution in [0.5, 0.6) is 0 Å². The second-order valence-corrected chi connectivity index (χ2v) is 5.59. The number of rotatable bonds is 5. The van der Waals surface area contributed by atoms with Gasteiger partial charge in [0.15, 0.2) is 5.96 Å². The Kier molecular flexibility index (Phi) is 9.81. The van der Waals surface area contributed by atoms with Crippen molar-refractivity contribution in [3.8, 4) is 0 Å². The summed E-state index contributed by atoms with van der Waals surface area (Å²) in [5, 5.41) is 3.19. The molecule has 0 saturated carbocycles. The van der Waals surface area contributed by atoms with Crippen LogP contribution in [0.4, 0.5) is 0 Å². The molecular formula is C13H29IN4. The lowest BCUT2D eigenvalue weighted by Crippen LogP contribution is -2.42. The van der Waals surface area contributed by atoms with Gasteiger partial charge in [-0.05, 0) is 31.2 Å². The molecule has 4 nitrogen and oxygen atoms in total. The largest absolute Gasteiger partial charge is 0.370 e. The normalized spacial score (nSPS) is 21.8. The van der Waals surface area contributed by atoms with Crippen LogP contribution in [0.15, 0.2) is 4.99 Å². The van der Waals surface area contributed by atoms with Crippen LogP contribution < -0.4 is 11.1 Å². The van der Waals surface area contributed by atoms with Crippen molar-refractivity contribution in [2.45, 2.75) is 33.6 Å². The fourth-order valence-electron chi connectivity index (χ4n) is 2.17. The summed E-state index contributed by atoms with van der Waals surface area (Å²) in [5.41, 5.74) is 5.79. The molecule has 1 fully saturated rings. The van der Waals surface area contributed by atoms with E-state index in [1.807, 2.05) is 0 Å². The highest BCUT2D eigenvalue weighted by Crippen LogP contribution is 2.14. The number of hydrogen-bond donors (Lipinski definition) is 2. The fourth-order valence-corrected chi connectivity index (χ4v) is 2.17. The topological polar surface area (TPSA) is 53.6 Å². The van der Waals surface area contributed by atoms with Crippen molar-refractivity contribution in [2.75, 3.05) is 32.7 Å². The second-order valence-electron chi connectivity index (χ2n) is 5.59. The number of halogens is 1. The molecule has 0 aromatic heterocycles. The maximum atomic E-state index is 5.79. The molecule has 0 aromatic carbocycles. The summed E-state index contributed by atoms with van der Waals surface area (Å²) in [7, 11) is 0. The summed E-state index contributed by atoms with van der Waals surface area (Å²) in [6, 6.07) is 0. The van der Waals surface area contributed by atoms with Crippen molar-refractivity contribution in [3.05, 3.63) is 0 Å². The van der Waals surface area contributed by atoms with Crippen LogP contribution in [0.3, 0.4) is 0 Å². The Morgan fingerprint density at radius 2 is 2.22 bits per heavy atom. The highest BCUT2D eigenvalue weighted by molar-refractivity contribution is 14.0. The van der Waals surface area contributed by atoms with Crippen molar-refractivity contribution < 1.29 is 0 Å². The van der Waals surface area contributed by atoms with Gasteiger partial charge in [0, 0.05) is 26.2 Å². The molecule has 1 saturated heterocycles. The van der Waals surface area contributed by atoms with Gasteiger partial charge in [0.2, 0.25) is 0 Å². The number of nitrogens with one attached hydrogen (secondary N) is 1. The van der Waals surface area contributed by atoms with E-state index >= 15 is 0 Å². The lowest BCUT2D eigenvalue weighted by atomic mass is 10.0. The third-order valence-corrected chi connectivity index (χ3v) is 3.10. The van der Waals surface area contributed by atoms with E-state index in [1.54, 1.807) is 0 Å². The molecule has 0 bridgehead atoms. The first-order chi connectivity index (χ1) is 8.08. The van der Waals surface area contributed by atoms with Gasteiger partial charge in [-0.15, -0.1) is 24.0 Å². The van der Waals surface area contributed by atoms with E-state index in [0.29, 0.717) is 11.9 Å². The minimum Gasteiger partial charge on any atom is -0.370 e. The van der Waals surface area contributed by atoms with E-state index in [4.69, 9.17) is 5.73 Å². The molecule has 1 aliphatic rings. The van der Waals surface area contributed by atoms with Gasteiger partial charge in [-0.2, -0.15) is 0 Å². The highest BCUT2D eigenvalue weighted by Gasteiger charge is 2.15. The zero-order valence-corrected chi connectivity index (χ0v) is 14.3. The summed E-state index contributed by atoms with van der Waals surface area (Å²) in [6.07, 6.45) is 2.71. The van der Waals surface area contributed by atoms with Gasteiger partial charge >= 0.3 is 0 Å². The van der Waals surface area contributed by atoms with Gasteiger partial charge in [-0.25, -0.2) is 0 Å². The Morgan fingerprint density at radius 3 is 2.83 bits per heavy atom. The van der Waals surface area contributed by atoms with Crippen LogP contribution in [-0.2, 0) is 0 Å². The number of piperidine rings is 1. The molecule has 3 N–H and O–H groups in total. The van der Waals surface area contributed by atoms with E-state index in [9.17, 15) is 0 Å².